The molecule has 0 bridgehead atoms. The summed E-state index contributed by atoms with van der Waals surface area (Å²) >= 11 is 1.59. The summed E-state index contributed by atoms with van der Waals surface area (Å²) in [5.41, 5.74) is 4.68. The second kappa shape index (κ2) is 8.37. The van der Waals surface area contributed by atoms with Gasteiger partial charge < -0.3 is 14.6 Å². The van der Waals surface area contributed by atoms with Crippen molar-refractivity contribution in [2.45, 2.75) is 17.2 Å². The molecule has 31 heavy (non-hydrogen) atoms. The third kappa shape index (κ3) is 3.71. The maximum atomic E-state index is 11.9. The summed E-state index contributed by atoms with van der Waals surface area (Å²) < 4.78 is 12.7. The molecule has 2 aromatic carbocycles. The predicted octanol–water partition coefficient (Wildman–Crippen LogP) is 3.68. The minimum absolute atomic E-state index is 0.105. The Hall–Kier alpha value is -2.81. The van der Waals surface area contributed by atoms with Gasteiger partial charge >= 0.3 is 5.97 Å². The van der Waals surface area contributed by atoms with Crippen LogP contribution in [-0.2, 0) is 17.0 Å². The number of benzene rings is 2. The molecule has 0 unspecified atom stereocenters. The standard InChI is InChI=1S/C23H23N3O4S/c1-29-19-4-2-3-17-21-18(14-31-22(17)19)20(23(27)28)24-26(21)16-7-5-15(6-8-16)13-25-9-11-30-12-10-25/h2-8H,9-14H2,1H3,(H,27,28). The van der Waals surface area contributed by atoms with E-state index in [-0.39, 0.29) is 5.69 Å². The molecule has 160 valence electrons. The molecule has 1 aromatic heterocycles. The van der Waals surface area contributed by atoms with E-state index in [1.807, 2.05) is 30.3 Å². The molecular formula is C23H23N3O4S. The van der Waals surface area contributed by atoms with E-state index in [2.05, 4.69) is 22.1 Å². The van der Waals surface area contributed by atoms with Crippen LogP contribution in [0.1, 0.15) is 21.6 Å². The van der Waals surface area contributed by atoms with E-state index in [0.29, 0.717) is 5.75 Å². The van der Waals surface area contributed by atoms with Crippen molar-refractivity contribution in [3.8, 4) is 22.7 Å². The number of ether oxygens (including phenoxy) is 2. The number of hydrogen-bond donors (Lipinski definition) is 1. The summed E-state index contributed by atoms with van der Waals surface area (Å²) in [7, 11) is 1.65. The van der Waals surface area contributed by atoms with Crippen LogP contribution in [0.5, 0.6) is 5.75 Å². The Morgan fingerprint density at radius 3 is 2.68 bits per heavy atom. The third-order valence-electron chi connectivity index (χ3n) is 5.69. The SMILES string of the molecule is COc1cccc2c1SCc1c(C(=O)O)nn(-c3ccc(CN4CCOCC4)cc3)c1-2. The lowest BCUT2D eigenvalue weighted by atomic mass is 10.0. The molecule has 0 radical (unpaired) electrons. The number of hydrogen-bond acceptors (Lipinski definition) is 6. The first-order chi connectivity index (χ1) is 15.2. The van der Waals surface area contributed by atoms with Crippen LogP contribution in [0.15, 0.2) is 47.4 Å². The van der Waals surface area contributed by atoms with Crippen LogP contribution in [-0.4, -0.2) is 59.2 Å². The van der Waals surface area contributed by atoms with E-state index in [0.717, 1.165) is 66.0 Å². The van der Waals surface area contributed by atoms with Crippen molar-refractivity contribution in [1.82, 2.24) is 14.7 Å². The molecule has 2 aliphatic rings. The van der Waals surface area contributed by atoms with E-state index in [4.69, 9.17) is 9.47 Å². The van der Waals surface area contributed by atoms with Gasteiger partial charge in [-0.1, -0.05) is 24.3 Å². The zero-order valence-corrected chi connectivity index (χ0v) is 18.0. The van der Waals surface area contributed by atoms with Crippen molar-refractivity contribution in [2.75, 3.05) is 33.4 Å². The molecule has 0 saturated carbocycles. The van der Waals surface area contributed by atoms with Crippen molar-refractivity contribution in [2.24, 2.45) is 0 Å². The minimum atomic E-state index is -1.01. The van der Waals surface area contributed by atoms with Crippen molar-refractivity contribution >= 4 is 17.7 Å². The maximum absolute atomic E-state index is 11.9. The Kier molecular flexibility index (Phi) is 5.43. The lowest BCUT2D eigenvalue weighted by Crippen LogP contribution is -2.35. The number of thioether (sulfide) groups is 1. The van der Waals surface area contributed by atoms with Crippen molar-refractivity contribution in [3.63, 3.8) is 0 Å². The topological polar surface area (TPSA) is 76.8 Å². The molecular weight excluding hydrogens is 414 g/mol. The number of methoxy groups -OCH3 is 1. The van der Waals surface area contributed by atoms with Crippen molar-refractivity contribution < 1.29 is 19.4 Å². The van der Waals surface area contributed by atoms with Crippen LogP contribution in [0, 0.1) is 0 Å². The van der Waals surface area contributed by atoms with Gasteiger partial charge in [-0.2, -0.15) is 5.10 Å². The molecule has 1 saturated heterocycles. The first kappa shape index (κ1) is 20.1. The van der Waals surface area contributed by atoms with Crippen molar-refractivity contribution in [3.05, 3.63) is 59.3 Å². The average molecular weight is 438 g/mol. The number of aromatic nitrogens is 2. The van der Waals surface area contributed by atoms with Gasteiger partial charge in [0.1, 0.15) is 5.75 Å². The second-order valence-corrected chi connectivity index (χ2v) is 8.56. The molecule has 0 spiro atoms. The van der Waals surface area contributed by atoms with Gasteiger partial charge in [-0.3, -0.25) is 4.90 Å². The van der Waals surface area contributed by atoms with Crippen LogP contribution < -0.4 is 4.74 Å². The molecule has 3 aromatic rings. The third-order valence-corrected chi connectivity index (χ3v) is 6.83. The summed E-state index contributed by atoms with van der Waals surface area (Å²) in [5.74, 6) is 0.323. The first-order valence-electron chi connectivity index (χ1n) is 10.2. The fourth-order valence-electron chi connectivity index (χ4n) is 4.14. The quantitative estimate of drug-likeness (QED) is 0.652. The number of nitrogens with zero attached hydrogens (tertiary/aromatic N) is 3. The van der Waals surface area contributed by atoms with Gasteiger partial charge in [-0.05, 0) is 23.8 Å². The maximum Gasteiger partial charge on any atom is 0.356 e. The van der Waals surface area contributed by atoms with E-state index in [1.54, 1.807) is 23.6 Å². The number of morpholine rings is 1. The highest BCUT2D eigenvalue weighted by atomic mass is 32.2. The monoisotopic (exact) mass is 437 g/mol. The Bertz CT molecular complexity index is 1120. The number of rotatable bonds is 5. The summed E-state index contributed by atoms with van der Waals surface area (Å²) in [4.78, 5) is 15.3. The predicted molar refractivity (Wildman–Crippen MR) is 118 cm³/mol. The van der Waals surface area contributed by atoms with Gasteiger partial charge in [0, 0.05) is 36.5 Å². The lowest BCUT2D eigenvalue weighted by molar-refractivity contribution is 0.0342. The second-order valence-electron chi connectivity index (χ2n) is 7.57. The highest BCUT2D eigenvalue weighted by molar-refractivity contribution is 7.98. The van der Waals surface area contributed by atoms with Crippen LogP contribution in [0.25, 0.3) is 16.9 Å². The van der Waals surface area contributed by atoms with E-state index < -0.39 is 5.97 Å². The van der Waals surface area contributed by atoms with Gasteiger partial charge in [0.2, 0.25) is 0 Å². The molecule has 2 aliphatic heterocycles. The van der Waals surface area contributed by atoms with Gasteiger partial charge in [0.05, 0.1) is 36.6 Å². The molecule has 1 fully saturated rings. The van der Waals surface area contributed by atoms with Crippen LogP contribution in [0.2, 0.25) is 0 Å². The van der Waals surface area contributed by atoms with Crippen LogP contribution >= 0.6 is 11.8 Å². The number of carboxylic acid groups (broad SMARTS) is 1. The number of fused-ring (bicyclic) bond motifs is 3. The normalized spacial score (nSPS) is 15.9. The van der Waals surface area contributed by atoms with Crippen LogP contribution in [0.4, 0.5) is 0 Å². The Labute approximate surface area is 184 Å². The minimum Gasteiger partial charge on any atom is -0.496 e. The van der Waals surface area contributed by atoms with Gasteiger partial charge in [0.25, 0.3) is 0 Å². The molecule has 5 rings (SSSR count). The summed E-state index contributed by atoms with van der Waals surface area (Å²) in [6.45, 7) is 4.30. The fraction of sp³-hybridized carbons (Fsp3) is 0.304. The van der Waals surface area contributed by atoms with E-state index >= 15 is 0 Å². The summed E-state index contributed by atoms with van der Waals surface area (Å²) in [6.07, 6.45) is 0. The highest BCUT2D eigenvalue weighted by Gasteiger charge is 2.30. The molecule has 0 atom stereocenters. The largest absolute Gasteiger partial charge is 0.496 e. The molecule has 0 amide bonds. The zero-order chi connectivity index (χ0) is 21.4. The molecule has 8 heteroatoms. The fourth-order valence-corrected chi connectivity index (χ4v) is 5.31. The zero-order valence-electron chi connectivity index (χ0n) is 17.2. The van der Waals surface area contributed by atoms with Gasteiger partial charge in [0.15, 0.2) is 5.69 Å². The highest BCUT2D eigenvalue weighted by Crippen LogP contribution is 2.47. The van der Waals surface area contributed by atoms with Gasteiger partial charge in [-0.15, -0.1) is 11.8 Å². The Balaban J connectivity index is 1.55. The lowest BCUT2D eigenvalue weighted by Gasteiger charge is -2.26. The van der Waals surface area contributed by atoms with Gasteiger partial charge in [-0.25, -0.2) is 9.48 Å². The molecule has 3 heterocycles. The van der Waals surface area contributed by atoms with Crippen LogP contribution in [0.3, 0.4) is 0 Å². The number of aromatic carboxylic acids is 1. The molecule has 7 nitrogen and oxygen atoms in total. The first-order valence-corrected chi connectivity index (χ1v) is 11.2. The Morgan fingerprint density at radius 2 is 1.97 bits per heavy atom. The van der Waals surface area contributed by atoms with Crippen molar-refractivity contribution in [1.29, 1.82) is 0 Å². The number of carbonyl (C=O) groups is 1. The summed E-state index contributed by atoms with van der Waals surface area (Å²) in [6, 6.07) is 14.0. The average Bonchev–Trinajstić information content (AvgIpc) is 3.20. The van der Waals surface area contributed by atoms with E-state index in [9.17, 15) is 9.90 Å². The molecule has 0 aliphatic carbocycles. The van der Waals surface area contributed by atoms with E-state index in [1.165, 1.54) is 5.56 Å². The Morgan fingerprint density at radius 1 is 1.19 bits per heavy atom. The smallest absolute Gasteiger partial charge is 0.356 e. The molecule has 1 N–H and O–H groups in total. The number of carboxylic acids is 1. The summed E-state index contributed by atoms with van der Waals surface area (Å²) in [5, 5.41) is 14.2.